The number of carbonyl (C=O) groups excluding carboxylic acids is 1. The van der Waals surface area contributed by atoms with Crippen LogP contribution in [0.1, 0.15) is 45.1 Å². The Morgan fingerprint density at radius 3 is 2.77 bits per heavy atom. The van der Waals surface area contributed by atoms with Gasteiger partial charge in [0.2, 0.25) is 5.91 Å². The molecule has 0 aliphatic heterocycles. The van der Waals surface area contributed by atoms with Gasteiger partial charge in [-0.3, -0.25) is 4.79 Å². The van der Waals surface area contributed by atoms with Crippen LogP contribution >= 0.6 is 0 Å². The van der Waals surface area contributed by atoms with Crippen LogP contribution in [-0.2, 0) is 11.2 Å². The Bertz CT molecular complexity index is 486. The molecule has 0 radical (unpaired) electrons. The Balaban J connectivity index is 1.80. The molecule has 2 N–H and O–H groups in total. The van der Waals surface area contributed by atoms with Crippen LogP contribution < -0.4 is 10.1 Å². The molecule has 0 aromatic heterocycles. The van der Waals surface area contributed by atoms with E-state index in [1.807, 2.05) is 31.2 Å². The van der Waals surface area contributed by atoms with Crippen LogP contribution in [0.3, 0.4) is 0 Å². The van der Waals surface area contributed by atoms with Crippen molar-refractivity contribution < 1.29 is 14.6 Å². The SMILES string of the molecule is CCOc1ccc(CCC(=O)NC2CCCC2(C)CO)cc1. The van der Waals surface area contributed by atoms with Crippen molar-refractivity contribution in [2.75, 3.05) is 13.2 Å². The van der Waals surface area contributed by atoms with E-state index in [2.05, 4.69) is 12.2 Å². The summed E-state index contributed by atoms with van der Waals surface area (Å²) in [5, 5.41) is 12.6. The highest BCUT2D eigenvalue weighted by atomic mass is 16.5. The summed E-state index contributed by atoms with van der Waals surface area (Å²) < 4.78 is 5.41. The van der Waals surface area contributed by atoms with Crippen LogP contribution in [0.4, 0.5) is 0 Å². The van der Waals surface area contributed by atoms with E-state index in [0.717, 1.165) is 37.0 Å². The zero-order valence-corrected chi connectivity index (χ0v) is 13.6. The first-order valence-electron chi connectivity index (χ1n) is 8.19. The van der Waals surface area contributed by atoms with Crippen molar-refractivity contribution in [2.45, 2.75) is 52.0 Å². The fraction of sp³-hybridized carbons (Fsp3) is 0.611. The predicted molar refractivity (Wildman–Crippen MR) is 86.9 cm³/mol. The van der Waals surface area contributed by atoms with Gasteiger partial charge in [0.15, 0.2) is 0 Å². The quantitative estimate of drug-likeness (QED) is 0.814. The second kappa shape index (κ2) is 7.63. The molecule has 0 heterocycles. The number of aliphatic hydroxyl groups excluding tert-OH is 1. The van der Waals surface area contributed by atoms with Gasteiger partial charge in [0, 0.05) is 17.9 Å². The third-order valence-corrected chi connectivity index (χ3v) is 4.65. The third kappa shape index (κ3) is 4.23. The summed E-state index contributed by atoms with van der Waals surface area (Å²) in [5.41, 5.74) is 0.976. The van der Waals surface area contributed by atoms with E-state index in [9.17, 15) is 9.90 Å². The Labute approximate surface area is 132 Å². The molecule has 0 bridgehead atoms. The molecule has 1 amide bonds. The molecule has 1 aromatic carbocycles. The number of carbonyl (C=O) groups is 1. The highest BCUT2D eigenvalue weighted by Gasteiger charge is 2.38. The van der Waals surface area contributed by atoms with Gasteiger partial charge in [-0.15, -0.1) is 0 Å². The molecule has 4 nitrogen and oxygen atoms in total. The maximum atomic E-state index is 12.1. The van der Waals surface area contributed by atoms with Gasteiger partial charge in [0.05, 0.1) is 13.2 Å². The van der Waals surface area contributed by atoms with Crippen LogP contribution in [-0.4, -0.2) is 30.3 Å². The summed E-state index contributed by atoms with van der Waals surface area (Å²) in [5.74, 6) is 0.931. The van der Waals surface area contributed by atoms with Gasteiger partial charge in [-0.25, -0.2) is 0 Å². The average Bonchev–Trinajstić information content (AvgIpc) is 2.88. The largest absolute Gasteiger partial charge is 0.494 e. The van der Waals surface area contributed by atoms with Gasteiger partial charge in [-0.05, 0) is 43.9 Å². The molecule has 2 atom stereocenters. The van der Waals surface area contributed by atoms with Gasteiger partial charge in [-0.2, -0.15) is 0 Å². The van der Waals surface area contributed by atoms with Crippen molar-refractivity contribution >= 4 is 5.91 Å². The fourth-order valence-corrected chi connectivity index (χ4v) is 3.11. The first-order valence-corrected chi connectivity index (χ1v) is 8.19. The number of ether oxygens (including phenoxy) is 1. The fourth-order valence-electron chi connectivity index (χ4n) is 3.11. The molecule has 2 unspecified atom stereocenters. The lowest BCUT2D eigenvalue weighted by molar-refractivity contribution is -0.122. The van der Waals surface area contributed by atoms with E-state index in [-0.39, 0.29) is 24.0 Å². The number of benzene rings is 1. The minimum absolute atomic E-state index is 0.0699. The lowest BCUT2D eigenvalue weighted by Gasteiger charge is -2.30. The van der Waals surface area contributed by atoms with Gasteiger partial charge >= 0.3 is 0 Å². The molecule has 2 rings (SSSR count). The van der Waals surface area contributed by atoms with E-state index < -0.39 is 0 Å². The molecule has 1 aliphatic carbocycles. The summed E-state index contributed by atoms with van der Waals surface area (Å²) in [6.45, 7) is 4.81. The monoisotopic (exact) mass is 305 g/mol. The Kier molecular flexibility index (Phi) is 5.83. The summed E-state index contributed by atoms with van der Waals surface area (Å²) >= 11 is 0. The molecule has 4 heteroatoms. The zero-order chi connectivity index (χ0) is 16.0. The maximum Gasteiger partial charge on any atom is 0.220 e. The molecule has 1 fully saturated rings. The maximum absolute atomic E-state index is 12.1. The van der Waals surface area contributed by atoms with E-state index in [0.29, 0.717) is 13.0 Å². The minimum atomic E-state index is -0.158. The summed E-state index contributed by atoms with van der Waals surface area (Å²) in [7, 11) is 0. The third-order valence-electron chi connectivity index (χ3n) is 4.65. The van der Waals surface area contributed by atoms with Crippen molar-refractivity contribution in [2.24, 2.45) is 5.41 Å². The number of nitrogens with one attached hydrogen (secondary N) is 1. The van der Waals surface area contributed by atoms with Crippen molar-refractivity contribution in [3.63, 3.8) is 0 Å². The van der Waals surface area contributed by atoms with Crippen molar-refractivity contribution in [3.05, 3.63) is 29.8 Å². The van der Waals surface area contributed by atoms with E-state index in [4.69, 9.17) is 4.74 Å². The predicted octanol–water partition coefficient (Wildman–Crippen LogP) is 2.69. The van der Waals surface area contributed by atoms with Crippen LogP contribution in [0.25, 0.3) is 0 Å². The Morgan fingerprint density at radius 2 is 2.14 bits per heavy atom. The molecular weight excluding hydrogens is 278 g/mol. The topological polar surface area (TPSA) is 58.6 Å². The second-order valence-electron chi connectivity index (χ2n) is 6.40. The van der Waals surface area contributed by atoms with Gasteiger partial charge in [0.25, 0.3) is 0 Å². The van der Waals surface area contributed by atoms with Crippen molar-refractivity contribution in [1.29, 1.82) is 0 Å². The molecule has 0 saturated heterocycles. The number of aryl methyl sites for hydroxylation is 1. The van der Waals surface area contributed by atoms with Crippen LogP contribution in [0.15, 0.2) is 24.3 Å². The van der Waals surface area contributed by atoms with E-state index in [1.165, 1.54) is 0 Å². The summed E-state index contributed by atoms with van der Waals surface area (Å²) in [4.78, 5) is 12.1. The van der Waals surface area contributed by atoms with Gasteiger partial charge in [-0.1, -0.05) is 25.5 Å². The number of hydrogen-bond acceptors (Lipinski definition) is 3. The molecule has 122 valence electrons. The molecule has 0 spiro atoms. The average molecular weight is 305 g/mol. The zero-order valence-electron chi connectivity index (χ0n) is 13.6. The first-order chi connectivity index (χ1) is 10.6. The highest BCUT2D eigenvalue weighted by Crippen LogP contribution is 2.37. The molecular formula is C18H27NO3. The molecule has 22 heavy (non-hydrogen) atoms. The van der Waals surface area contributed by atoms with Crippen molar-refractivity contribution in [3.8, 4) is 5.75 Å². The number of aliphatic hydroxyl groups is 1. The number of rotatable bonds is 7. The summed E-state index contributed by atoms with van der Waals surface area (Å²) in [6, 6.07) is 8.00. The highest BCUT2D eigenvalue weighted by molar-refractivity contribution is 5.76. The number of hydrogen-bond donors (Lipinski definition) is 2. The summed E-state index contributed by atoms with van der Waals surface area (Å²) in [6.07, 6.45) is 4.22. The molecule has 1 aliphatic rings. The molecule has 1 aromatic rings. The number of amides is 1. The lowest BCUT2D eigenvalue weighted by Crippen LogP contribution is -2.44. The van der Waals surface area contributed by atoms with Gasteiger partial charge in [0.1, 0.15) is 5.75 Å². The lowest BCUT2D eigenvalue weighted by atomic mass is 9.85. The standard InChI is InChI=1S/C18H27NO3/c1-3-22-15-9-6-14(7-10-15)8-11-17(21)19-16-5-4-12-18(16,2)13-20/h6-7,9-10,16,20H,3-5,8,11-13H2,1-2H3,(H,19,21). The second-order valence-corrected chi connectivity index (χ2v) is 6.40. The van der Waals surface area contributed by atoms with Gasteiger partial charge < -0.3 is 15.2 Å². The Hall–Kier alpha value is -1.55. The molecule has 1 saturated carbocycles. The smallest absolute Gasteiger partial charge is 0.220 e. The van der Waals surface area contributed by atoms with E-state index >= 15 is 0 Å². The first kappa shape index (κ1) is 16.8. The van der Waals surface area contributed by atoms with Crippen LogP contribution in [0.2, 0.25) is 0 Å². The normalized spacial score (nSPS) is 24.2. The van der Waals surface area contributed by atoms with E-state index in [1.54, 1.807) is 0 Å². The van der Waals surface area contributed by atoms with Crippen LogP contribution in [0, 0.1) is 5.41 Å². The minimum Gasteiger partial charge on any atom is -0.494 e. The van der Waals surface area contributed by atoms with Crippen LogP contribution in [0.5, 0.6) is 5.75 Å². The van der Waals surface area contributed by atoms with Crippen molar-refractivity contribution in [1.82, 2.24) is 5.32 Å². The Morgan fingerprint density at radius 1 is 1.41 bits per heavy atom.